The van der Waals surface area contributed by atoms with Crippen LogP contribution in [0.25, 0.3) is 0 Å². The molecule has 0 amide bonds. The van der Waals surface area contributed by atoms with Gasteiger partial charge < -0.3 is 15.5 Å². The van der Waals surface area contributed by atoms with E-state index in [2.05, 4.69) is 20.6 Å². The first kappa shape index (κ1) is 18.9. The van der Waals surface area contributed by atoms with Crippen molar-refractivity contribution in [1.29, 1.82) is 0 Å². The zero-order valence-electron chi connectivity index (χ0n) is 15.0. The highest BCUT2D eigenvalue weighted by Crippen LogP contribution is 2.21. The minimum absolute atomic E-state index is 0.0955. The van der Waals surface area contributed by atoms with E-state index >= 15 is 0 Å². The molecule has 7 nitrogen and oxygen atoms in total. The van der Waals surface area contributed by atoms with E-state index in [1.807, 2.05) is 11.8 Å². The van der Waals surface area contributed by atoms with Crippen LogP contribution in [-0.4, -0.2) is 63.1 Å². The molecule has 26 heavy (non-hydrogen) atoms. The second kappa shape index (κ2) is 8.20. The van der Waals surface area contributed by atoms with E-state index in [0.29, 0.717) is 31.3 Å². The Labute approximate surface area is 154 Å². The highest BCUT2D eigenvalue weighted by molar-refractivity contribution is 7.91. The summed E-state index contributed by atoms with van der Waals surface area (Å²) in [4.78, 5) is 10.6. The molecule has 3 heterocycles. The second-order valence-corrected chi connectivity index (χ2v) is 9.10. The number of aromatic nitrogens is 1. The zero-order chi connectivity index (χ0) is 18.6. The molecule has 9 heteroatoms. The fourth-order valence-electron chi connectivity index (χ4n) is 3.43. The number of sulfone groups is 1. The van der Waals surface area contributed by atoms with Crippen LogP contribution in [0.15, 0.2) is 23.3 Å². The van der Waals surface area contributed by atoms with Crippen molar-refractivity contribution in [2.45, 2.75) is 25.8 Å². The molecule has 2 atom stereocenters. The summed E-state index contributed by atoms with van der Waals surface area (Å²) in [6.07, 6.45) is 3.14. The number of rotatable bonds is 5. The van der Waals surface area contributed by atoms with Crippen LogP contribution in [0.5, 0.6) is 0 Å². The molecule has 0 radical (unpaired) electrons. The third kappa shape index (κ3) is 4.84. The Kier molecular flexibility index (Phi) is 5.95. The van der Waals surface area contributed by atoms with E-state index in [9.17, 15) is 12.8 Å². The quantitative estimate of drug-likeness (QED) is 0.578. The molecule has 1 aromatic heterocycles. The lowest BCUT2D eigenvalue weighted by Gasteiger charge is -2.20. The molecule has 2 saturated heterocycles. The second-order valence-electron chi connectivity index (χ2n) is 6.87. The van der Waals surface area contributed by atoms with E-state index in [1.165, 1.54) is 6.07 Å². The van der Waals surface area contributed by atoms with E-state index < -0.39 is 9.84 Å². The van der Waals surface area contributed by atoms with Crippen LogP contribution < -0.4 is 15.5 Å². The van der Waals surface area contributed by atoms with Gasteiger partial charge in [-0.15, -0.1) is 0 Å². The van der Waals surface area contributed by atoms with E-state index in [4.69, 9.17) is 0 Å². The fraction of sp³-hybridized carbons (Fsp3) is 0.647. The monoisotopic (exact) mass is 383 g/mol. The molecule has 2 N–H and O–H groups in total. The van der Waals surface area contributed by atoms with Crippen molar-refractivity contribution in [2.24, 2.45) is 10.9 Å². The average Bonchev–Trinajstić information content (AvgIpc) is 3.19. The fourth-order valence-corrected chi connectivity index (χ4v) is 5.28. The molecule has 0 aliphatic carbocycles. The number of nitrogens with one attached hydrogen (secondary N) is 2. The molecule has 2 fully saturated rings. The van der Waals surface area contributed by atoms with Gasteiger partial charge in [0.2, 0.25) is 0 Å². The van der Waals surface area contributed by atoms with Crippen LogP contribution in [0, 0.1) is 11.7 Å². The summed E-state index contributed by atoms with van der Waals surface area (Å²) in [6.45, 7) is 4.59. The SMILES string of the molecule is CCNC(=NCC1CCS(=O)(=O)C1)NC1CCN(c2ncccc2F)C1. The van der Waals surface area contributed by atoms with Crippen LogP contribution >= 0.6 is 0 Å². The summed E-state index contributed by atoms with van der Waals surface area (Å²) >= 11 is 0. The number of halogens is 1. The Bertz CT molecular complexity index is 755. The lowest BCUT2D eigenvalue weighted by molar-refractivity contribution is 0.586. The molecule has 0 bridgehead atoms. The van der Waals surface area contributed by atoms with Gasteiger partial charge in [0, 0.05) is 38.4 Å². The summed E-state index contributed by atoms with van der Waals surface area (Å²) in [5, 5.41) is 6.58. The van der Waals surface area contributed by atoms with Crippen molar-refractivity contribution in [3.05, 3.63) is 24.1 Å². The molecule has 3 rings (SSSR count). The maximum Gasteiger partial charge on any atom is 0.191 e. The van der Waals surface area contributed by atoms with Crippen molar-refractivity contribution in [3.8, 4) is 0 Å². The Hall–Kier alpha value is -1.90. The van der Waals surface area contributed by atoms with Gasteiger partial charge in [-0.1, -0.05) is 0 Å². The zero-order valence-corrected chi connectivity index (χ0v) is 15.8. The molecular formula is C17H26FN5O2S. The number of aliphatic imine (C=N–C) groups is 1. The van der Waals surface area contributed by atoms with Crippen molar-refractivity contribution in [3.63, 3.8) is 0 Å². The van der Waals surface area contributed by atoms with Crippen LogP contribution in [0.1, 0.15) is 19.8 Å². The Balaban J connectivity index is 1.57. The number of guanidine groups is 1. The smallest absolute Gasteiger partial charge is 0.191 e. The standard InChI is InChI=1S/C17H26FN5O2S/c1-2-19-17(21-10-13-6-9-26(24,25)12-13)22-14-5-8-23(11-14)16-15(18)4-3-7-20-16/h3-4,7,13-14H,2,5-6,8-12H2,1H3,(H2,19,21,22). The van der Waals surface area contributed by atoms with E-state index in [1.54, 1.807) is 12.3 Å². The number of pyridine rings is 1. The molecule has 0 aromatic carbocycles. The minimum atomic E-state index is -2.88. The Morgan fingerprint density at radius 1 is 1.46 bits per heavy atom. The lowest BCUT2D eigenvalue weighted by atomic mass is 10.1. The average molecular weight is 383 g/mol. The van der Waals surface area contributed by atoms with Gasteiger partial charge in [-0.05, 0) is 37.8 Å². The number of hydrogen-bond donors (Lipinski definition) is 2. The van der Waals surface area contributed by atoms with Crippen molar-refractivity contribution in [2.75, 3.05) is 42.6 Å². The van der Waals surface area contributed by atoms with Gasteiger partial charge in [-0.2, -0.15) is 0 Å². The van der Waals surface area contributed by atoms with Crippen LogP contribution in [0.2, 0.25) is 0 Å². The molecule has 2 unspecified atom stereocenters. The summed E-state index contributed by atoms with van der Waals surface area (Å²) in [5.41, 5.74) is 0. The lowest BCUT2D eigenvalue weighted by Crippen LogP contribution is -2.45. The topological polar surface area (TPSA) is 86.7 Å². The van der Waals surface area contributed by atoms with Crippen molar-refractivity contribution in [1.82, 2.24) is 15.6 Å². The van der Waals surface area contributed by atoms with Crippen LogP contribution in [-0.2, 0) is 9.84 Å². The van der Waals surface area contributed by atoms with E-state index in [-0.39, 0.29) is 29.3 Å². The van der Waals surface area contributed by atoms with Crippen LogP contribution in [0.4, 0.5) is 10.2 Å². The number of nitrogens with zero attached hydrogens (tertiary/aromatic N) is 3. The van der Waals surface area contributed by atoms with Crippen molar-refractivity contribution >= 4 is 21.6 Å². The first-order chi connectivity index (χ1) is 12.5. The minimum Gasteiger partial charge on any atom is -0.357 e. The maximum absolute atomic E-state index is 13.9. The first-order valence-electron chi connectivity index (χ1n) is 9.07. The number of hydrogen-bond acceptors (Lipinski definition) is 5. The van der Waals surface area contributed by atoms with Gasteiger partial charge in [0.15, 0.2) is 27.4 Å². The first-order valence-corrected chi connectivity index (χ1v) is 10.9. The molecule has 1 aromatic rings. The predicted molar refractivity (Wildman–Crippen MR) is 101 cm³/mol. The van der Waals surface area contributed by atoms with Crippen LogP contribution in [0.3, 0.4) is 0 Å². The Morgan fingerprint density at radius 3 is 3.00 bits per heavy atom. The van der Waals surface area contributed by atoms with Gasteiger partial charge in [-0.3, -0.25) is 4.99 Å². The highest BCUT2D eigenvalue weighted by Gasteiger charge is 2.28. The van der Waals surface area contributed by atoms with Gasteiger partial charge in [0.25, 0.3) is 0 Å². The van der Waals surface area contributed by atoms with Gasteiger partial charge in [0.1, 0.15) is 0 Å². The third-order valence-electron chi connectivity index (χ3n) is 4.75. The molecule has 2 aliphatic rings. The Morgan fingerprint density at radius 2 is 2.31 bits per heavy atom. The highest BCUT2D eigenvalue weighted by atomic mass is 32.2. The summed E-state index contributed by atoms with van der Waals surface area (Å²) in [6, 6.07) is 3.15. The van der Waals surface area contributed by atoms with E-state index in [0.717, 1.165) is 19.5 Å². The predicted octanol–water partition coefficient (Wildman–Crippen LogP) is 0.789. The summed E-state index contributed by atoms with van der Waals surface area (Å²) < 4.78 is 37.0. The molecule has 2 aliphatic heterocycles. The normalized spacial score (nSPS) is 25.5. The van der Waals surface area contributed by atoms with Crippen molar-refractivity contribution < 1.29 is 12.8 Å². The summed E-state index contributed by atoms with van der Waals surface area (Å²) in [7, 11) is -2.88. The molecular weight excluding hydrogens is 357 g/mol. The van der Waals surface area contributed by atoms with Gasteiger partial charge in [-0.25, -0.2) is 17.8 Å². The largest absolute Gasteiger partial charge is 0.357 e. The number of anilines is 1. The third-order valence-corrected chi connectivity index (χ3v) is 6.58. The summed E-state index contributed by atoms with van der Waals surface area (Å²) in [5.74, 6) is 1.35. The molecule has 144 valence electrons. The maximum atomic E-state index is 13.9. The molecule has 0 saturated carbocycles. The van der Waals surface area contributed by atoms with Gasteiger partial charge >= 0.3 is 0 Å². The molecule has 0 spiro atoms. The van der Waals surface area contributed by atoms with Gasteiger partial charge in [0.05, 0.1) is 11.5 Å².